The predicted octanol–water partition coefficient (Wildman–Crippen LogP) is 2.67. The Bertz CT molecular complexity index is 559. The number of benzene rings is 1. The zero-order valence-electron chi connectivity index (χ0n) is 8.72. The predicted molar refractivity (Wildman–Crippen MR) is 71.3 cm³/mol. The molecule has 86 valence electrons. The van der Waals surface area contributed by atoms with Crippen LogP contribution in [0.4, 0.5) is 0 Å². The zero-order chi connectivity index (χ0) is 12.3. The number of hydrogen-bond acceptors (Lipinski definition) is 4. The quantitative estimate of drug-likeness (QED) is 0.675. The topological polar surface area (TPSA) is 75.7 Å². The molecule has 0 fully saturated rings. The molecular formula is C11H9BrN4S. The van der Waals surface area contributed by atoms with Gasteiger partial charge in [0.1, 0.15) is 10.9 Å². The van der Waals surface area contributed by atoms with Crippen molar-refractivity contribution in [1.29, 1.82) is 5.41 Å². The monoisotopic (exact) mass is 308 g/mol. The fraction of sp³-hybridized carbons (Fsp3) is 0. The lowest BCUT2D eigenvalue weighted by Crippen LogP contribution is -2.13. The second-order valence-electron chi connectivity index (χ2n) is 3.22. The van der Waals surface area contributed by atoms with E-state index in [-0.39, 0.29) is 5.84 Å². The highest BCUT2D eigenvalue weighted by Crippen LogP contribution is 2.29. The van der Waals surface area contributed by atoms with Crippen molar-refractivity contribution in [3.8, 4) is 0 Å². The van der Waals surface area contributed by atoms with E-state index in [1.165, 1.54) is 18.0 Å². The summed E-state index contributed by atoms with van der Waals surface area (Å²) in [7, 11) is 0. The summed E-state index contributed by atoms with van der Waals surface area (Å²) in [6.07, 6.45) is 1.53. The van der Waals surface area contributed by atoms with Gasteiger partial charge in [-0.3, -0.25) is 5.41 Å². The molecule has 0 unspecified atom stereocenters. The van der Waals surface area contributed by atoms with Gasteiger partial charge < -0.3 is 5.73 Å². The third-order valence-electron chi connectivity index (χ3n) is 1.99. The van der Waals surface area contributed by atoms with Crippen molar-refractivity contribution in [2.75, 3.05) is 0 Å². The van der Waals surface area contributed by atoms with Crippen LogP contribution in [0, 0.1) is 5.41 Å². The average Bonchev–Trinajstić information content (AvgIpc) is 2.29. The fourth-order valence-corrected chi connectivity index (χ4v) is 2.72. The molecule has 2 rings (SSSR count). The third-order valence-corrected chi connectivity index (χ3v) is 3.47. The third kappa shape index (κ3) is 3.04. The van der Waals surface area contributed by atoms with Crippen LogP contribution in [0.3, 0.4) is 0 Å². The summed E-state index contributed by atoms with van der Waals surface area (Å²) in [5, 5.41) is 15.9. The molecule has 1 aromatic heterocycles. The summed E-state index contributed by atoms with van der Waals surface area (Å²) in [4.78, 5) is 1.02. The number of hydrogen-bond donors (Lipinski definition) is 2. The van der Waals surface area contributed by atoms with E-state index in [2.05, 4.69) is 26.1 Å². The Morgan fingerprint density at radius 1 is 1.35 bits per heavy atom. The second-order valence-corrected chi connectivity index (χ2v) is 5.20. The lowest BCUT2D eigenvalue weighted by Gasteiger charge is -2.05. The molecular weight excluding hydrogens is 300 g/mol. The highest BCUT2D eigenvalue weighted by molar-refractivity contribution is 9.10. The SMILES string of the molecule is N=C(N)c1ccnnc1Sc1cccc(Br)c1. The minimum atomic E-state index is -0.00241. The Labute approximate surface area is 111 Å². The summed E-state index contributed by atoms with van der Waals surface area (Å²) in [5.41, 5.74) is 6.09. The number of halogens is 1. The molecule has 1 heterocycles. The van der Waals surface area contributed by atoms with Crippen molar-refractivity contribution in [2.24, 2.45) is 5.73 Å². The van der Waals surface area contributed by atoms with E-state index in [1.54, 1.807) is 6.07 Å². The van der Waals surface area contributed by atoms with Gasteiger partial charge in [0.25, 0.3) is 0 Å². The fourth-order valence-electron chi connectivity index (χ4n) is 1.24. The van der Waals surface area contributed by atoms with Crippen LogP contribution in [0.5, 0.6) is 0 Å². The lowest BCUT2D eigenvalue weighted by molar-refractivity contribution is 0.921. The number of aromatic nitrogens is 2. The molecule has 0 bridgehead atoms. The molecule has 0 aliphatic heterocycles. The first kappa shape index (κ1) is 12.1. The molecule has 4 nitrogen and oxygen atoms in total. The number of rotatable bonds is 3. The Morgan fingerprint density at radius 2 is 2.18 bits per heavy atom. The number of nitrogen functional groups attached to an aromatic ring is 1. The van der Waals surface area contributed by atoms with Crippen molar-refractivity contribution in [3.05, 3.63) is 46.6 Å². The standard InChI is InChI=1S/C11H9BrN4S/c12-7-2-1-3-8(6-7)17-11-9(10(13)14)4-5-15-16-11/h1-6H,(H3,13,14). The van der Waals surface area contributed by atoms with Gasteiger partial charge in [-0.2, -0.15) is 5.10 Å². The Balaban J connectivity index is 2.33. The van der Waals surface area contributed by atoms with E-state index in [0.29, 0.717) is 10.6 Å². The van der Waals surface area contributed by atoms with E-state index in [4.69, 9.17) is 11.1 Å². The van der Waals surface area contributed by atoms with E-state index in [1.807, 2.05) is 24.3 Å². The van der Waals surface area contributed by atoms with E-state index in [9.17, 15) is 0 Å². The molecule has 1 aromatic carbocycles. The van der Waals surface area contributed by atoms with Crippen molar-refractivity contribution in [2.45, 2.75) is 9.92 Å². The minimum absolute atomic E-state index is 0.00241. The van der Waals surface area contributed by atoms with Crippen molar-refractivity contribution in [1.82, 2.24) is 10.2 Å². The summed E-state index contributed by atoms with van der Waals surface area (Å²) in [5.74, 6) is -0.00241. The summed E-state index contributed by atoms with van der Waals surface area (Å²) >= 11 is 4.84. The average molecular weight is 309 g/mol. The first-order valence-corrected chi connectivity index (χ1v) is 6.37. The molecule has 2 aromatic rings. The molecule has 3 N–H and O–H groups in total. The Kier molecular flexibility index (Phi) is 3.75. The number of amidine groups is 1. The summed E-state index contributed by atoms with van der Waals surface area (Å²) in [6.45, 7) is 0. The molecule has 17 heavy (non-hydrogen) atoms. The second kappa shape index (κ2) is 5.29. The zero-order valence-corrected chi connectivity index (χ0v) is 11.1. The highest BCUT2D eigenvalue weighted by Gasteiger charge is 2.08. The van der Waals surface area contributed by atoms with Gasteiger partial charge in [0, 0.05) is 9.37 Å². The first-order valence-electron chi connectivity index (χ1n) is 4.76. The van der Waals surface area contributed by atoms with E-state index >= 15 is 0 Å². The van der Waals surface area contributed by atoms with Gasteiger partial charge in [0.2, 0.25) is 0 Å². The smallest absolute Gasteiger partial charge is 0.134 e. The van der Waals surface area contributed by atoms with Gasteiger partial charge >= 0.3 is 0 Å². The van der Waals surface area contributed by atoms with Crippen LogP contribution in [0.15, 0.2) is 50.9 Å². The van der Waals surface area contributed by atoms with Crippen LogP contribution in [0.2, 0.25) is 0 Å². The van der Waals surface area contributed by atoms with Gasteiger partial charge in [0.05, 0.1) is 11.8 Å². The van der Waals surface area contributed by atoms with Gasteiger partial charge in [-0.05, 0) is 24.3 Å². The normalized spacial score (nSPS) is 10.2. The van der Waals surface area contributed by atoms with Crippen LogP contribution in [-0.4, -0.2) is 16.0 Å². The Morgan fingerprint density at radius 3 is 2.88 bits per heavy atom. The van der Waals surface area contributed by atoms with Crippen LogP contribution in [0.25, 0.3) is 0 Å². The number of nitrogens with one attached hydrogen (secondary N) is 1. The van der Waals surface area contributed by atoms with Gasteiger partial charge in [-0.15, -0.1) is 5.10 Å². The molecule has 0 saturated carbocycles. The highest BCUT2D eigenvalue weighted by atomic mass is 79.9. The molecule has 0 amide bonds. The largest absolute Gasteiger partial charge is 0.384 e. The van der Waals surface area contributed by atoms with Crippen LogP contribution in [-0.2, 0) is 0 Å². The van der Waals surface area contributed by atoms with Crippen LogP contribution in [0.1, 0.15) is 5.56 Å². The minimum Gasteiger partial charge on any atom is -0.384 e. The van der Waals surface area contributed by atoms with Crippen molar-refractivity contribution < 1.29 is 0 Å². The maximum atomic E-state index is 7.47. The maximum Gasteiger partial charge on any atom is 0.134 e. The molecule has 0 aliphatic carbocycles. The molecule has 0 saturated heterocycles. The van der Waals surface area contributed by atoms with Crippen molar-refractivity contribution >= 4 is 33.5 Å². The lowest BCUT2D eigenvalue weighted by atomic mass is 10.3. The molecule has 0 atom stereocenters. The van der Waals surface area contributed by atoms with E-state index < -0.39 is 0 Å². The number of nitrogens with two attached hydrogens (primary N) is 1. The maximum absolute atomic E-state index is 7.47. The van der Waals surface area contributed by atoms with Crippen LogP contribution < -0.4 is 5.73 Å². The van der Waals surface area contributed by atoms with Gasteiger partial charge in [-0.1, -0.05) is 33.8 Å². The molecule has 0 radical (unpaired) electrons. The van der Waals surface area contributed by atoms with Crippen LogP contribution >= 0.6 is 27.7 Å². The van der Waals surface area contributed by atoms with Gasteiger partial charge in [-0.25, -0.2) is 0 Å². The summed E-state index contributed by atoms with van der Waals surface area (Å²) < 4.78 is 0.996. The van der Waals surface area contributed by atoms with Crippen molar-refractivity contribution in [3.63, 3.8) is 0 Å². The molecule has 0 spiro atoms. The van der Waals surface area contributed by atoms with E-state index in [0.717, 1.165) is 9.37 Å². The summed E-state index contributed by atoms with van der Waals surface area (Å²) in [6, 6.07) is 9.52. The number of nitrogens with zero attached hydrogens (tertiary/aromatic N) is 2. The first-order chi connectivity index (χ1) is 8.16. The molecule has 0 aliphatic rings. The Hall–Kier alpha value is -1.40. The molecule has 6 heteroatoms. The van der Waals surface area contributed by atoms with Gasteiger partial charge in [0.15, 0.2) is 0 Å².